The molecular formula is C16H24N6. The minimum Gasteiger partial charge on any atom is -0.362 e. The molecule has 0 aliphatic heterocycles. The Labute approximate surface area is 132 Å². The number of hydrogen-bond acceptors (Lipinski definition) is 6. The van der Waals surface area contributed by atoms with Crippen molar-refractivity contribution in [3.8, 4) is 0 Å². The molecular weight excluding hydrogens is 276 g/mol. The van der Waals surface area contributed by atoms with E-state index in [4.69, 9.17) is 0 Å². The van der Waals surface area contributed by atoms with E-state index in [0.717, 1.165) is 17.1 Å². The van der Waals surface area contributed by atoms with Gasteiger partial charge in [0.25, 0.3) is 0 Å². The summed E-state index contributed by atoms with van der Waals surface area (Å²) in [6.07, 6.45) is 3.66. The molecule has 0 radical (unpaired) electrons. The third kappa shape index (κ3) is 3.92. The van der Waals surface area contributed by atoms with Crippen molar-refractivity contribution in [1.29, 1.82) is 0 Å². The van der Waals surface area contributed by atoms with Gasteiger partial charge in [0.15, 0.2) is 0 Å². The average Bonchev–Trinajstić information content (AvgIpc) is 2.49. The molecule has 0 bridgehead atoms. The summed E-state index contributed by atoms with van der Waals surface area (Å²) >= 11 is 0. The summed E-state index contributed by atoms with van der Waals surface area (Å²) in [5.41, 5.74) is 2.09. The molecule has 0 spiro atoms. The molecule has 2 aromatic rings. The van der Waals surface area contributed by atoms with Crippen LogP contribution in [0.1, 0.15) is 17.3 Å². The van der Waals surface area contributed by atoms with Crippen LogP contribution in [0.2, 0.25) is 0 Å². The minimum atomic E-state index is 0.161. The number of hydrogen-bond donors (Lipinski definition) is 1. The average molecular weight is 300 g/mol. The third-order valence-corrected chi connectivity index (χ3v) is 3.47. The zero-order chi connectivity index (χ0) is 16.1. The van der Waals surface area contributed by atoms with Crippen LogP contribution in [0, 0.1) is 6.92 Å². The van der Waals surface area contributed by atoms with Crippen LogP contribution in [0.3, 0.4) is 0 Å². The largest absolute Gasteiger partial charge is 0.362 e. The van der Waals surface area contributed by atoms with E-state index in [1.165, 1.54) is 0 Å². The van der Waals surface area contributed by atoms with Gasteiger partial charge in [0.1, 0.15) is 5.82 Å². The van der Waals surface area contributed by atoms with E-state index < -0.39 is 0 Å². The SMILES string of the molecule is Cc1cnc(NC[C@@H](c2ccccn2)N(C)C)nc1N(C)C. The summed E-state index contributed by atoms with van der Waals surface area (Å²) in [5.74, 6) is 1.56. The minimum absolute atomic E-state index is 0.161. The predicted octanol–water partition coefficient (Wildman–Crippen LogP) is 1.96. The first kappa shape index (κ1) is 16.2. The topological polar surface area (TPSA) is 57.2 Å². The monoisotopic (exact) mass is 300 g/mol. The molecule has 0 unspecified atom stereocenters. The van der Waals surface area contributed by atoms with E-state index in [0.29, 0.717) is 12.5 Å². The number of anilines is 2. The molecule has 118 valence electrons. The number of pyridine rings is 1. The first-order chi connectivity index (χ1) is 10.5. The fourth-order valence-corrected chi connectivity index (χ4v) is 2.28. The normalized spacial score (nSPS) is 12.3. The van der Waals surface area contributed by atoms with E-state index in [2.05, 4.69) is 25.2 Å². The van der Waals surface area contributed by atoms with Crippen LogP contribution in [0.5, 0.6) is 0 Å². The molecule has 2 rings (SSSR count). The fourth-order valence-electron chi connectivity index (χ4n) is 2.28. The number of aromatic nitrogens is 3. The first-order valence-corrected chi connectivity index (χ1v) is 7.31. The fraction of sp³-hybridized carbons (Fsp3) is 0.438. The lowest BCUT2D eigenvalue weighted by Crippen LogP contribution is -2.28. The van der Waals surface area contributed by atoms with E-state index in [1.807, 2.05) is 70.6 Å². The second-order valence-corrected chi connectivity index (χ2v) is 5.71. The van der Waals surface area contributed by atoms with Gasteiger partial charge in [0.05, 0.1) is 11.7 Å². The zero-order valence-corrected chi connectivity index (χ0v) is 13.9. The van der Waals surface area contributed by atoms with Gasteiger partial charge in [0.2, 0.25) is 5.95 Å². The maximum Gasteiger partial charge on any atom is 0.224 e. The Morgan fingerprint density at radius 1 is 1.14 bits per heavy atom. The molecule has 0 aliphatic rings. The van der Waals surface area contributed by atoms with Crippen molar-refractivity contribution >= 4 is 11.8 Å². The van der Waals surface area contributed by atoms with Gasteiger partial charge in [-0.1, -0.05) is 6.07 Å². The molecule has 0 fully saturated rings. The third-order valence-electron chi connectivity index (χ3n) is 3.47. The number of rotatable bonds is 6. The second kappa shape index (κ2) is 7.17. The highest BCUT2D eigenvalue weighted by Crippen LogP contribution is 2.18. The highest BCUT2D eigenvalue weighted by Gasteiger charge is 2.16. The number of nitrogens with one attached hydrogen (secondary N) is 1. The van der Waals surface area contributed by atoms with Gasteiger partial charge < -0.3 is 10.2 Å². The smallest absolute Gasteiger partial charge is 0.224 e. The molecule has 1 atom stereocenters. The number of aryl methyl sites for hydroxylation is 1. The molecule has 2 aromatic heterocycles. The Morgan fingerprint density at radius 3 is 2.50 bits per heavy atom. The lowest BCUT2D eigenvalue weighted by atomic mass is 10.1. The van der Waals surface area contributed by atoms with Crippen LogP contribution in [0.4, 0.5) is 11.8 Å². The molecule has 0 aliphatic carbocycles. The Kier molecular flexibility index (Phi) is 5.27. The van der Waals surface area contributed by atoms with Crippen molar-refractivity contribution in [1.82, 2.24) is 19.9 Å². The zero-order valence-electron chi connectivity index (χ0n) is 13.9. The van der Waals surface area contributed by atoms with Crippen molar-refractivity contribution in [2.75, 3.05) is 45.0 Å². The van der Waals surface area contributed by atoms with Gasteiger partial charge in [-0.25, -0.2) is 4.98 Å². The van der Waals surface area contributed by atoms with Crippen LogP contribution in [0.15, 0.2) is 30.6 Å². The first-order valence-electron chi connectivity index (χ1n) is 7.31. The van der Waals surface area contributed by atoms with Gasteiger partial charge in [-0.2, -0.15) is 4.98 Å². The van der Waals surface area contributed by atoms with Gasteiger partial charge in [0, 0.05) is 38.6 Å². The Hall–Kier alpha value is -2.21. The summed E-state index contributed by atoms with van der Waals surface area (Å²) in [6, 6.07) is 6.13. The molecule has 0 aromatic carbocycles. The molecule has 2 heterocycles. The van der Waals surface area contributed by atoms with E-state index in [-0.39, 0.29) is 6.04 Å². The van der Waals surface area contributed by atoms with Gasteiger partial charge in [-0.3, -0.25) is 9.88 Å². The van der Waals surface area contributed by atoms with Crippen LogP contribution in [-0.2, 0) is 0 Å². The van der Waals surface area contributed by atoms with Crippen molar-refractivity contribution in [3.63, 3.8) is 0 Å². The highest BCUT2D eigenvalue weighted by atomic mass is 15.2. The summed E-state index contributed by atoms with van der Waals surface area (Å²) in [5, 5.41) is 3.32. The molecule has 0 saturated carbocycles. The molecule has 0 amide bonds. The lowest BCUT2D eigenvalue weighted by Gasteiger charge is -2.24. The second-order valence-electron chi connectivity index (χ2n) is 5.71. The van der Waals surface area contributed by atoms with Crippen LogP contribution in [0.25, 0.3) is 0 Å². The summed E-state index contributed by atoms with van der Waals surface area (Å²) in [4.78, 5) is 17.5. The van der Waals surface area contributed by atoms with Crippen molar-refractivity contribution in [2.24, 2.45) is 0 Å². The number of nitrogens with zero attached hydrogens (tertiary/aromatic N) is 5. The molecule has 22 heavy (non-hydrogen) atoms. The Bertz CT molecular complexity index is 597. The maximum absolute atomic E-state index is 4.56. The van der Waals surface area contributed by atoms with Gasteiger partial charge >= 0.3 is 0 Å². The standard InChI is InChI=1S/C16H24N6/c1-12-10-18-16(20-15(12)22(4)5)19-11-14(21(2)3)13-8-6-7-9-17-13/h6-10,14H,11H2,1-5H3,(H,18,19,20)/t14-/m0/s1. The van der Waals surface area contributed by atoms with E-state index in [1.54, 1.807) is 0 Å². The van der Waals surface area contributed by atoms with Crippen LogP contribution in [-0.4, -0.2) is 54.6 Å². The van der Waals surface area contributed by atoms with Crippen molar-refractivity contribution in [3.05, 3.63) is 41.9 Å². The Balaban J connectivity index is 2.12. The summed E-state index contributed by atoms with van der Waals surface area (Å²) in [6.45, 7) is 2.70. The van der Waals surface area contributed by atoms with Gasteiger partial charge in [-0.15, -0.1) is 0 Å². The van der Waals surface area contributed by atoms with E-state index in [9.17, 15) is 0 Å². The lowest BCUT2D eigenvalue weighted by molar-refractivity contribution is 0.305. The van der Waals surface area contributed by atoms with Crippen molar-refractivity contribution in [2.45, 2.75) is 13.0 Å². The quantitative estimate of drug-likeness (QED) is 0.880. The van der Waals surface area contributed by atoms with Crippen LogP contribution < -0.4 is 10.2 Å². The summed E-state index contributed by atoms with van der Waals surface area (Å²) in [7, 11) is 8.05. The summed E-state index contributed by atoms with van der Waals surface area (Å²) < 4.78 is 0. The van der Waals surface area contributed by atoms with Gasteiger partial charge in [-0.05, 0) is 33.2 Å². The molecule has 6 nitrogen and oxygen atoms in total. The van der Waals surface area contributed by atoms with E-state index >= 15 is 0 Å². The molecule has 6 heteroatoms. The highest BCUT2D eigenvalue weighted by molar-refractivity contribution is 5.47. The molecule has 0 saturated heterocycles. The Morgan fingerprint density at radius 2 is 1.91 bits per heavy atom. The molecule has 1 N–H and O–H groups in total. The maximum atomic E-state index is 4.56. The van der Waals surface area contributed by atoms with Crippen LogP contribution >= 0.6 is 0 Å². The van der Waals surface area contributed by atoms with Crippen molar-refractivity contribution < 1.29 is 0 Å². The predicted molar refractivity (Wildman–Crippen MR) is 90.3 cm³/mol. The number of likely N-dealkylation sites (N-methyl/N-ethyl adjacent to an activating group) is 1.